The van der Waals surface area contributed by atoms with Gasteiger partial charge in [0.15, 0.2) is 0 Å². The van der Waals surface area contributed by atoms with Crippen LogP contribution >= 0.6 is 11.3 Å². The Hall–Kier alpha value is -2.86. The van der Waals surface area contributed by atoms with E-state index >= 15 is 0 Å². The molecule has 0 saturated carbocycles. The summed E-state index contributed by atoms with van der Waals surface area (Å²) >= 11 is 1.69. The lowest BCUT2D eigenvalue weighted by Crippen LogP contribution is -1.95. The van der Waals surface area contributed by atoms with Gasteiger partial charge in [0.2, 0.25) is 0 Å². The number of thiophene rings is 1. The molecular weight excluding hydrogens is 294 g/mol. The number of hydrogen-bond acceptors (Lipinski definition) is 6. The van der Waals surface area contributed by atoms with Crippen LogP contribution in [0.4, 0.5) is 11.6 Å². The maximum absolute atomic E-state index is 4.73. The Morgan fingerprint density at radius 3 is 2.55 bits per heavy atom. The molecule has 0 saturated heterocycles. The Balaban J connectivity index is 1.77. The molecule has 0 amide bonds. The van der Waals surface area contributed by atoms with Crippen molar-refractivity contribution in [3.63, 3.8) is 0 Å². The van der Waals surface area contributed by atoms with Crippen LogP contribution in [0, 0.1) is 0 Å². The Kier molecular flexibility index (Phi) is 3.21. The van der Waals surface area contributed by atoms with Crippen LogP contribution in [0.1, 0.15) is 0 Å². The van der Waals surface area contributed by atoms with E-state index in [1.165, 1.54) is 6.33 Å². The summed E-state index contributed by atoms with van der Waals surface area (Å²) in [6, 6.07) is 9.82. The number of nitrogens with zero attached hydrogens (tertiary/aromatic N) is 4. The summed E-state index contributed by atoms with van der Waals surface area (Å²) in [5.41, 5.74) is 3.22. The topological polar surface area (TPSA) is 63.6 Å². The summed E-state index contributed by atoms with van der Waals surface area (Å²) in [7, 11) is 0. The summed E-state index contributed by atoms with van der Waals surface area (Å²) < 4.78 is 1.15. The SMILES string of the molecule is c1cc(-c2csc3ccc(Nc4ccncn4)nc23)ccn1. The molecule has 4 aromatic rings. The van der Waals surface area contributed by atoms with Gasteiger partial charge < -0.3 is 5.32 Å². The fourth-order valence-corrected chi connectivity index (χ4v) is 3.12. The van der Waals surface area contributed by atoms with Gasteiger partial charge in [0.1, 0.15) is 18.0 Å². The van der Waals surface area contributed by atoms with Gasteiger partial charge in [-0.25, -0.2) is 15.0 Å². The maximum Gasteiger partial charge on any atom is 0.134 e. The average molecular weight is 305 g/mol. The van der Waals surface area contributed by atoms with Crippen LogP contribution in [-0.2, 0) is 0 Å². The van der Waals surface area contributed by atoms with Gasteiger partial charge in [0.05, 0.1) is 10.2 Å². The van der Waals surface area contributed by atoms with Gasteiger partial charge >= 0.3 is 0 Å². The highest BCUT2D eigenvalue weighted by Crippen LogP contribution is 2.33. The van der Waals surface area contributed by atoms with Crippen molar-refractivity contribution in [2.24, 2.45) is 0 Å². The molecule has 22 heavy (non-hydrogen) atoms. The minimum absolute atomic E-state index is 0.725. The Morgan fingerprint density at radius 2 is 1.73 bits per heavy atom. The van der Waals surface area contributed by atoms with Gasteiger partial charge in [-0.3, -0.25) is 4.98 Å². The van der Waals surface area contributed by atoms with Crippen molar-refractivity contribution in [1.29, 1.82) is 0 Å². The molecule has 0 unspecified atom stereocenters. The molecule has 0 aliphatic heterocycles. The highest BCUT2D eigenvalue weighted by Gasteiger charge is 2.09. The zero-order valence-corrected chi connectivity index (χ0v) is 12.3. The molecule has 0 atom stereocenters. The molecule has 5 nitrogen and oxygen atoms in total. The van der Waals surface area contributed by atoms with E-state index in [-0.39, 0.29) is 0 Å². The Morgan fingerprint density at radius 1 is 0.864 bits per heavy atom. The number of fused-ring (bicyclic) bond motifs is 1. The number of nitrogens with one attached hydrogen (secondary N) is 1. The summed E-state index contributed by atoms with van der Waals surface area (Å²) in [5.74, 6) is 1.49. The van der Waals surface area contributed by atoms with Crippen molar-refractivity contribution >= 4 is 33.2 Å². The number of pyridine rings is 2. The third kappa shape index (κ3) is 2.40. The van der Waals surface area contributed by atoms with Crippen LogP contribution in [0.15, 0.2) is 60.6 Å². The molecule has 0 spiro atoms. The van der Waals surface area contributed by atoms with Crippen molar-refractivity contribution in [2.75, 3.05) is 5.32 Å². The lowest BCUT2D eigenvalue weighted by molar-refractivity contribution is 1.16. The number of anilines is 2. The lowest BCUT2D eigenvalue weighted by Gasteiger charge is -2.05. The fraction of sp³-hybridized carbons (Fsp3) is 0. The van der Waals surface area contributed by atoms with E-state index in [4.69, 9.17) is 4.98 Å². The van der Waals surface area contributed by atoms with Crippen LogP contribution in [0.25, 0.3) is 21.3 Å². The smallest absolute Gasteiger partial charge is 0.134 e. The monoisotopic (exact) mass is 305 g/mol. The molecule has 1 N–H and O–H groups in total. The highest BCUT2D eigenvalue weighted by atomic mass is 32.1. The van der Waals surface area contributed by atoms with E-state index in [1.807, 2.05) is 24.3 Å². The van der Waals surface area contributed by atoms with Crippen molar-refractivity contribution in [1.82, 2.24) is 19.9 Å². The molecular formula is C16H11N5S. The van der Waals surface area contributed by atoms with Gasteiger partial charge in [-0.15, -0.1) is 11.3 Å². The first-order valence-electron chi connectivity index (χ1n) is 6.72. The first-order valence-corrected chi connectivity index (χ1v) is 7.60. The second-order valence-electron chi connectivity index (χ2n) is 4.65. The first kappa shape index (κ1) is 12.8. The Labute approximate surface area is 130 Å². The summed E-state index contributed by atoms with van der Waals surface area (Å²) in [6.45, 7) is 0. The molecule has 4 aromatic heterocycles. The van der Waals surface area contributed by atoms with E-state index in [0.29, 0.717) is 0 Å². The standard InChI is InChI=1S/C16H11N5S/c1-2-15(20-14-5-8-18-10-19-14)21-16-12(9-22-13(1)16)11-3-6-17-7-4-11/h1-10H,(H,18,19,20,21). The largest absolute Gasteiger partial charge is 0.325 e. The second-order valence-corrected chi connectivity index (χ2v) is 5.56. The average Bonchev–Trinajstić information content (AvgIpc) is 3.00. The number of hydrogen-bond donors (Lipinski definition) is 1. The quantitative estimate of drug-likeness (QED) is 0.622. The third-order valence-electron chi connectivity index (χ3n) is 3.25. The van der Waals surface area contributed by atoms with Crippen LogP contribution in [0.5, 0.6) is 0 Å². The molecule has 0 aliphatic rings. The van der Waals surface area contributed by atoms with Crippen molar-refractivity contribution in [3.05, 3.63) is 60.6 Å². The van der Waals surface area contributed by atoms with E-state index in [0.717, 1.165) is 33.0 Å². The highest BCUT2D eigenvalue weighted by molar-refractivity contribution is 7.17. The Bertz CT molecular complexity index is 906. The molecule has 0 aromatic carbocycles. The molecule has 0 radical (unpaired) electrons. The van der Waals surface area contributed by atoms with E-state index in [2.05, 4.69) is 31.7 Å². The number of rotatable bonds is 3. The van der Waals surface area contributed by atoms with Crippen LogP contribution in [-0.4, -0.2) is 19.9 Å². The van der Waals surface area contributed by atoms with Crippen molar-refractivity contribution in [3.8, 4) is 11.1 Å². The fourth-order valence-electron chi connectivity index (χ4n) is 2.21. The first-order chi connectivity index (χ1) is 10.9. The lowest BCUT2D eigenvalue weighted by atomic mass is 10.1. The van der Waals surface area contributed by atoms with Gasteiger partial charge in [0.25, 0.3) is 0 Å². The zero-order valence-electron chi connectivity index (χ0n) is 11.5. The van der Waals surface area contributed by atoms with Crippen LogP contribution in [0.2, 0.25) is 0 Å². The predicted octanol–water partition coefficient (Wildman–Crippen LogP) is 3.89. The van der Waals surface area contributed by atoms with Gasteiger partial charge in [-0.2, -0.15) is 0 Å². The van der Waals surface area contributed by atoms with Crippen molar-refractivity contribution < 1.29 is 0 Å². The number of aromatic nitrogens is 4. The van der Waals surface area contributed by atoms with Crippen molar-refractivity contribution in [2.45, 2.75) is 0 Å². The molecule has 0 aliphatic carbocycles. The second kappa shape index (κ2) is 5.50. The van der Waals surface area contributed by atoms with E-state index < -0.39 is 0 Å². The van der Waals surface area contributed by atoms with Gasteiger partial charge in [0, 0.05) is 29.5 Å². The molecule has 4 rings (SSSR count). The summed E-state index contributed by atoms with van der Waals surface area (Å²) in [6.07, 6.45) is 6.79. The van der Waals surface area contributed by atoms with Crippen LogP contribution in [0.3, 0.4) is 0 Å². The van der Waals surface area contributed by atoms with Gasteiger partial charge in [-0.05, 0) is 35.9 Å². The summed E-state index contributed by atoms with van der Waals surface area (Å²) in [4.78, 5) is 16.9. The minimum Gasteiger partial charge on any atom is -0.325 e. The minimum atomic E-state index is 0.725. The van der Waals surface area contributed by atoms with E-state index in [9.17, 15) is 0 Å². The molecule has 4 heterocycles. The molecule has 6 heteroatoms. The molecule has 0 bridgehead atoms. The summed E-state index contributed by atoms with van der Waals surface area (Å²) in [5, 5.41) is 5.32. The van der Waals surface area contributed by atoms with Crippen LogP contribution < -0.4 is 5.32 Å². The van der Waals surface area contributed by atoms with Gasteiger partial charge in [-0.1, -0.05) is 0 Å². The maximum atomic E-state index is 4.73. The normalized spacial score (nSPS) is 10.7. The zero-order chi connectivity index (χ0) is 14.8. The molecule has 0 fully saturated rings. The third-order valence-corrected chi connectivity index (χ3v) is 4.18. The predicted molar refractivity (Wildman–Crippen MR) is 88.2 cm³/mol. The van der Waals surface area contributed by atoms with E-state index in [1.54, 1.807) is 29.9 Å². The molecule has 106 valence electrons.